The number of ether oxygens (including phenoxy) is 2. The summed E-state index contributed by atoms with van der Waals surface area (Å²) in [5.74, 6) is -0.948. The molecule has 4 rings (SSSR count). The largest absolute Gasteiger partial charge is 0.497 e. The van der Waals surface area contributed by atoms with E-state index in [0.29, 0.717) is 48.3 Å². The zero-order chi connectivity index (χ0) is 37.5. The molecule has 1 atom stereocenters. The number of unbranched alkanes of at least 4 members (excludes halogenated alkanes) is 11. The number of hydrogen-bond donors (Lipinski definition) is 0. The number of aromatic nitrogens is 2. The number of rotatable bonds is 23. The van der Waals surface area contributed by atoms with Crippen LogP contribution in [0.15, 0.2) is 71.8 Å². The number of benzene rings is 2. The summed E-state index contributed by atoms with van der Waals surface area (Å²) in [4.78, 5) is 34.9. The molecule has 2 aromatic carbocycles. The van der Waals surface area contributed by atoms with E-state index >= 15 is 0 Å². The Hall–Kier alpha value is -4.18. The van der Waals surface area contributed by atoms with Crippen molar-refractivity contribution in [2.45, 2.75) is 115 Å². The highest BCUT2D eigenvalue weighted by Gasteiger charge is 2.35. The van der Waals surface area contributed by atoms with Gasteiger partial charge in [-0.3, -0.25) is 9.59 Å². The summed E-state index contributed by atoms with van der Waals surface area (Å²) in [5.41, 5.74) is 1.05. The van der Waals surface area contributed by atoms with Crippen molar-refractivity contribution < 1.29 is 27.5 Å². The van der Waals surface area contributed by atoms with E-state index < -0.39 is 15.9 Å². The third-order valence-electron chi connectivity index (χ3n) is 9.93. The molecule has 1 unspecified atom stereocenters. The Balaban J connectivity index is 1.74. The zero-order valence-electron chi connectivity index (χ0n) is 31.7. The molecular formula is C42H57N3O6S. The van der Waals surface area contributed by atoms with Crippen molar-refractivity contribution >= 4 is 32.6 Å². The summed E-state index contributed by atoms with van der Waals surface area (Å²) < 4.78 is 41.3. The van der Waals surface area contributed by atoms with Crippen molar-refractivity contribution in [1.82, 2.24) is 13.9 Å². The molecule has 0 saturated heterocycles. The molecule has 0 saturated carbocycles. The molecule has 0 bridgehead atoms. The summed E-state index contributed by atoms with van der Waals surface area (Å²) in [6, 6.07) is 16.8. The fourth-order valence-electron chi connectivity index (χ4n) is 6.99. The van der Waals surface area contributed by atoms with E-state index in [1.165, 1.54) is 68.6 Å². The Morgan fingerprint density at radius 2 is 1.38 bits per heavy atom. The van der Waals surface area contributed by atoms with E-state index in [1.807, 2.05) is 13.8 Å². The van der Waals surface area contributed by atoms with E-state index in [-0.39, 0.29) is 33.6 Å². The first-order valence-electron chi connectivity index (χ1n) is 19.1. The van der Waals surface area contributed by atoms with Crippen LogP contribution in [0.25, 0.3) is 10.9 Å². The highest BCUT2D eigenvalue weighted by molar-refractivity contribution is 7.90. The molecule has 2 aromatic heterocycles. The summed E-state index contributed by atoms with van der Waals surface area (Å²) in [6.07, 6.45) is 15.9. The van der Waals surface area contributed by atoms with Crippen LogP contribution in [0.3, 0.4) is 0 Å². The summed E-state index contributed by atoms with van der Waals surface area (Å²) in [5, 5.41) is 0.633. The van der Waals surface area contributed by atoms with Crippen molar-refractivity contribution in [3.63, 3.8) is 0 Å². The first-order valence-corrected chi connectivity index (χ1v) is 20.5. The Labute approximate surface area is 310 Å². The second kappa shape index (κ2) is 20.2. The van der Waals surface area contributed by atoms with Gasteiger partial charge < -0.3 is 14.4 Å². The number of nitrogens with zero attached hydrogens (tertiary/aromatic N) is 3. The maximum Gasteiger partial charge on any atom is 0.268 e. The lowest BCUT2D eigenvalue weighted by atomic mass is 9.87. The normalized spacial score (nSPS) is 12.2. The van der Waals surface area contributed by atoms with Gasteiger partial charge in [-0.15, -0.1) is 0 Å². The molecule has 4 aromatic rings. The minimum atomic E-state index is -4.14. The van der Waals surface area contributed by atoms with Crippen LogP contribution in [0.4, 0.5) is 0 Å². The summed E-state index contributed by atoms with van der Waals surface area (Å²) in [7, 11) is -1.15. The van der Waals surface area contributed by atoms with Crippen molar-refractivity contribution in [2.24, 2.45) is 0 Å². The third-order valence-corrected chi connectivity index (χ3v) is 11.7. The monoisotopic (exact) mass is 731 g/mol. The van der Waals surface area contributed by atoms with Gasteiger partial charge in [0.15, 0.2) is 5.78 Å². The molecule has 1 amide bonds. The first-order chi connectivity index (χ1) is 25.2. The van der Waals surface area contributed by atoms with E-state index in [4.69, 9.17) is 9.47 Å². The van der Waals surface area contributed by atoms with Gasteiger partial charge in [0.25, 0.3) is 15.9 Å². The molecule has 0 aliphatic carbocycles. The van der Waals surface area contributed by atoms with Gasteiger partial charge in [0.05, 0.1) is 30.5 Å². The van der Waals surface area contributed by atoms with Gasteiger partial charge in [0.2, 0.25) is 5.88 Å². The third kappa shape index (κ3) is 9.82. The molecule has 0 N–H and O–H groups in total. The van der Waals surface area contributed by atoms with Crippen LogP contribution in [-0.4, -0.2) is 61.3 Å². The van der Waals surface area contributed by atoms with Crippen molar-refractivity contribution in [2.75, 3.05) is 27.3 Å². The topological polar surface area (TPSA) is 108 Å². The zero-order valence-corrected chi connectivity index (χ0v) is 32.6. The summed E-state index contributed by atoms with van der Waals surface area (Å²) in [6.45, 7) is 6.87. The second-order valence-corrected chi connectivity index (χ2v) is 15.2. The maximum atomic E-state index is 15.0. The van der Waals surface area contributed by atoms with Crippen molar-refractivity contribution in [3.8, 4) is 11.6 Å². The molecule has 9 nitrogen and oxygen atoms in total. The number of carbonyl (C=O) groups excluding carboxylic acids is 2. The van der Waals surface area contributed by atoms with Crippen LogP contribution in [0.5, 0.6) is 11.6 Å². The van der Waals surface area contributed by atoms with Gasteiger partial charge in [0, 0.05) is 35.9 Å². The Morgan fingerprint density at radius 1 is 0.769 bits per heavy atom. The number of methoxy groups -OCH3 is 2. The lowest BCUT2D eigenvalue weighted by Gasteiger charge is -2.24. The molecule has 0 fully saturated rings. The molecule has 0 aliphatic rings. The van der Waals surface area contributed by atoms with E-state index in [0.717, 1.165) is 19.3 Å². The predicted molar refractivity (Wildman–Crippen MR) is 208 cm³/mol. The molecule has 10 heteroatoms. The number of hydrogen-bond acceptors (Lipinski definition) is 7. The average molecular weight is 732 g/mol. The van der Waals surface area contributed by atoms with Gasteiger partial charge in [0.1, 0.15) is 11.3 Å². The molecule has 282 valence electrons. The number of pyridine rings is 1. The van der Waals surface area contributed by atoms with Gasteiger partial charge >= 0.3 is 0 Å². The Bertz CT molecular complexity index is 1850. The van der Waals surface area contributed by atoms with Crippen LogP contribution in [0.2, 0.25) is 0 Å². The number of fused-ring (bicyclic) bond motifs is 1. The molecule has 2 heterocycles. The molecule has 0 spiro atoms. The van der Waals surface area contributed by atoms with Crippen molar-refractivity contribution in [3.05, 3.63) is 83.7 Å². The predicted octanol–water partition coefficient (Wildman–Crippen LogP) is 9.83. The van der Waals surface area contributed by atoms with Crippen LogP contribution >= 0.6 is 0 Å². The van der Waals surface area contributed by atoms with Crippen LogP contribution < -0.4 is 9.47 Å². The van der Waals surface area contributed by atoms with Gasteiger partial charge in [-0.05, 0) is 62.7 Å². The molecule has 52 heavy (non-hydrogen) atoms. The van der Waals surface area contributed by atoms with Crippen LogP contribution in [0, 0.1) is 0 Å². The molecule has 0 radical (unpaired) electrons. The second-order valence-electron chi connectivity index (χ2n) is 13.4. The SMILES string of the molecule is CCCCCCCCCCCCCCC(C(=O)c1ccnc(OC)c1C(=O)N(CC)CC)c1cc2cc(OC)ccc2n1S(=O)(=O)c1ccccc1. The van der Waals surface area contributed by atoms with Crippen LogP contribution in [0.1, 0.15) is 137 Å². The van der Waals surface area contributed by atoms with E-state index in [2.05, 4.69) is 11.9 Å². The standard InChI is InChI=1S/C42H57N3O6S/c1-6-9-10-11-12-13-14-15-16-17-18-22-25-35(40(46)36-28-29-43-41(51-5)39(36)42(47)44(7-2)8-3)38-31-32-30-33(50-4)26-27-37(32)45(38)52(48,49)34-23-20-19-21-24-34/h19-21,23-24,26-31,35H,6-18,22,25H2,1-5H3. The minimum absolute atomic E-state index is 0.0639. The summed E-state index contributed by atoms with van der Waals surface area (Å²) >= 11 is 0. The van der Waals surface area contributed by atoms with E-state index in [9.17, 15) is 18.0 Å². The number of Topliss-reactive ketones (excluding diaryl/α,β-unsaturated/α-hetero) is 1. The van der Waals surface area contributed by atoms with Crippen molar-refractivity contribution in [1.29, 1.82) is 0 Å². The van der Waals surface area contributed by atoms with Gasteiger partial charge in [-0.2, -0.15) is 0 Å². The highest BCUT2D eigenvalue weighted by Crippen LogP contribution is 2.37. The highest BCUT2D eigenvalue weighted by atomic mass is 32.2. The lowest BCUT2D eigenvalue weighted by Crippen LogP contribution is -2.33. The van der Waals surface area contributed by atoms with Crippen LogP contribution in [-0.2, 0) is 10.0 Å². The average Bonchev–Trinajstić information content (AvgIpc) is 3.56. The fourth-order valence-corrected chi connectivity index (χ4v) is 8.59. The fraction of sp³-hybridized carbons (Fsp3) is 0.500. The lowest BCUT2D eigenvalue weighted by molar-refractivity contribution is 0.0761. The Morgan fingerprint density at radius 3 is 1.96 bits per heavy atom. The number of amides is 1. The smallest absolute Gasteiger partial charge is 0.268 e. The number of ketones is 1. The quantitative estimate of drug-likeness (QED) is 0.0552. The maximum absolute atomic E-state index is 15.0. The minimum Gasteiger partial charge on any atom is -0.497 e. The Kier molecular flexibility index (Phi) is 15.7. The van der Waals surface area contributed by atoms with Gasteiger partial charge in [-0.1, -0.05) is 102 Å². The number of carbonyl (C=O) groups is 2. The first kappa shape index (κ1) is 40.6. The van der Waals surface area contributed by atoms with E-state index in [1.54, 1.807) is 72.7 Å². The van der Waals surface area contributed by atoms with Gasteiger partial charge in [-0.25, -0.2) is 17.4 Å². The molecule has 0 aliphatic heterocycles. The molecular weight excluding hydrogens is 675 g/mol.